The monoisotopic (exact) mass is 483 g/mol. The van der Waals surface area contributed by atoms with Crippen molar-refractivity contribution in [2.75, 3.05) is 11.1 Å². The molecule has 148 valence electrons. The fourth-order valence-corrected chi connectivity index (χ4v) is 5.58. The highest BCUT2D eigenvalue weighted by atomic mass is 35.5. The molecule has 3 aromatic rings. The first-order valence-corrected chi connectivity index (χ1v) is 11.6. The third-order valence-electron chi connectivity index (χ3n) is 4.03. The second-order valence-electron chi connectivity index (χ2n) is 5.96. The third-order valence-corrected chi connectivity index (χ3v) is 7.13. The number of amides is 3. The SMILES string of the molecule is O=C(Nc1nc(-c2cc(Cl)sc2Cl)cs1)c1cccc(CN2C(=O)CSC2=O)c1. The molecular formula is C18H11Cl2N3O3S3. The fraction of sp³-hybridized carbons (Fsp3) is 0.111. The average Bonchev–Trinajstić information content (AvgIpc) is 3.37. The van der Waals surface area contributed by atoms with Crippen LogP contribution < -0.4 is 5.32 Å². The summed E-state index contributed by atoms with van der Waals surface area (Å²) in [5.41, 5.74) is 2.46. The van der Waals surface area contributed by atoms with E-state index < -0.39 is 0 Å². The molecule has 1 saturated heterocycles. The van der Waals surface area contributed by atoms with Crippen molar-refractivity contribution in [2.24, 2.45) is 0 Å². The van der Waals surface area contributed by atoms with Gasteiger partial charge in [0.2, 0.25) is 5.91 Å². The molecule has 0 radical (unpaired) electrons. The maximum absolute atomic E-state index is 12.6. The second kappa shape index (κ2) is 8.45. The fourth-order valence-electron chi connectivity index (χ4n) is 2.67. The van der Waals surface area contributed by atoms with Gasteiger partial charge >= 0.3 is 0 Å². The van der Waals surface area contributed by atoms with Crippen LogP contribution >= 0.6 is 57.6 Å². The molecule has 2 aromatic heterocycles. The number of rotatable bonds is 5. The number of anilines is 1. The number of carbonyl (C=O) groups is 3. The first-order valence-electron chi connectivity index (χ1n) is 8.19. The van der Waals surface area contributed by atoms with E-state index in [0.717, 1.165) is 17.3 Å². The molecule has 11 heteroatoms. The number of carbonyl (C=O) groups excluding carboxylic acids is 3. The van der Waals surface area contributed by atoms with Crippen molar-refractivity contribution in [1.29, 1.82) is 0 Å². The number of nitrogens with one attached hydrogen (secondary N) is 1. The highest BCUT2D eigenvalue weighted by Gasteiger charge is 2.29. The Morgan fingerprint density at radius 1 is 1.24 bits per heavy atom. The summed E-state index contributed by atoms with van der Waals surface area (Å²) in [5.74, 6) is -0.405. The van der Waals surface area contributed by atoms with Gasteiger partial charge in [-0.3, -0.25) is 24.6 Å². The van der Waals surface area contributed by atoms with Crippen LogP contribution in [0.5, 0.6) is 0 Å². The summed E-state index contributed by atoms with van der Waals surface area (Å²) in [6.45, 7) is 0.143. The molecule has 0 atom stereocenters. The Balaban J connectivity index is 1.47. The van der Waals surface area contributed by atoms with E-state index in [1.54, 1.807) is 35.7 Å². The van der Waals surface area contributed by atoms with Crippen LogP contribution in [-0.4, -0.2) is 32.7 Å². The molecule has 0 unspecified atom stereocenters. The standard InChI is InChI=1S/C18H11Cl2N3O3S3/c19-13-5-11(15(20)29-13)12-7-27-17(21-12)22-16(25)10-3-1-2-9(4-10)6-23-14(24)8-28-18(23)26/h1-5,7H,6,8H2,(H,21,22,25). The van der Waals surface area contributed by atoms with Gasteiger partial charge in [0.1, 0.15) is 4.34 Å². The summed E-state index contributed by atoms with van der Waals surface area (Å²) in [7, 11) is 0. The summed E-state index contributed by atoms with van der Waals surface area (Å²) in [5, 5.41) is 4.70. The summed E-state index contributed by atoms with van der Waals surface area (Å²) in [6, 6.07) is 8.53. The molecule has 1 aromatic carbocycles. The minimum atomic E-state index is -0.337. The van der Waals surface area contributed by atoms with Crippen LogP contribution in [0, 0.1) is 0 Å². The highest BCUT2D eigenvalue weighted by molar-refractivity contribution is 8.14. The molecule has 0 saturated carbocycles. The molecule has 0 bridgehead atoms. The zero-order valence-corrected chi connectivity index (χ0v) is 18.4. The first kappa shape index (κ1) is 20.4. The number of imide groups is 1. The molecule has 6 nitrogen and oxygen atoms in total. The van der Waals surface area contributed by atoms with Gasteiger partial charge in [0.25, 0.3) is 11.1 Å². The summed E-state index contributed by atoms with van der Waals surface area (Å²) >= 11 is 15.6. The second-order valence-corrected chi connectivity index (χ2v) is 10.0. The Kier molecular flexibility index (Phi) is 5.93. The molecule has 1 aliphatic rings. The number of nitrogens with zero attached hydrogens (tertiary/aromatic N) is 2. The predicted octanol–water partition coefficient (Wildman–Crippen LogP) is 5.63. The van der Waals surface area contributed by atoms with Gasteiger partial charge in [-0.2, -0.15) is 0 Å². The van der Waals surface area contributed by atoms with Crippen LogP contribution in [0.2, 0.25) is 8.67 Å². The van der Waals surface area contributed by atoms with Crippen molar-refractivity contribution in [2.45, 2.75) is 6.54 Å². The Bertz CT molecular complexity index is 1110. The van der Waals surface area contributed by atoms with E-state index >= 15 is 0 Å². The summed E-state index contributed by atoms with van der Waals surface area (Å²) < 4.78 is 1.10. The normalized spacial score (nSPS) is 13.9. The zero-order valence-electron chi connectivity index (χ0n) is 14.5. The van der Waals surface area contributed by atoms with Crippen LogP contribution in [0.15, 0.2) is 35.7 Å². The Hall–Kier alpha value is -1.91. The summed E-state index contributed by atoms with van der Waals surface area (Å²) in [4.78, 5) is 41.7. The van der Waals surface area contributed by atoms with E-state index in [1.807, 2.05) is 0 Å². The zero-order chi connectivity index (χ0) is 20.5. The lowest BCUT2D eigenvalue weighted by Gasteiger charge is -2.13. The van der Waals surface area contributed by atoms with Gasteiger partial charge in [-0.05, 0) is 23.8 Å². The molecule has 0 spiro atoms. The van der Waals surface area contributed by atoms with E-state index in [2.05, 4.69) is 10.3 Å². The maximum atomic E-state index is 12.6. The lowest BCUT2D eigenvalue weighted by atomic mass is 10.1. The van der Waals surface area contributed by atoms with Crippen LogP contribution in [0.3, 0.4) is 0 Å². The Morgan fingerprint density at radius 3 is 2.76 bits per heavy atom. The molecule has 0 aliphatic carbocycles. The number of thiazole rings is 1. The van der Waals surface area contributed by atoms with E-state index in [-0.39, 0.29) is 29.4 Å². The smallest absolute Gasteiger partial charge is 0.289 e. The van der Waals surface area contributed by atoms with Gasteiger partial charge < -0.3 is 0 Å². The minimum Gasteiger partial charge on any atom is -0.298 e. The molecule has 1 fully saturated rings. The average molecular weight is 484 g/mol. The topological polar surface area (TPSA) is 79.4 Å². The van der Waals surface area contributed by atoms with Crippen molar-refractivity contribution in [3.63, 3.8) is 0 Å². The van der Waals surface area contributed by atoms with Crippen LogP contribution in [0.25, 0.3) is 11.3 Å². The number of hydrogen-bond acceptors (Lipinski definition) is 7. The minimum absolute atomic E-state index is 0.143. The Labute approximate surface area is 187 Å². The highest BCUT2D eigenvalue weighted by Crippen LogP contribution is 2.39. The van der Waals surface area contributed by atoms with Crippen molar-refractivity contribution in [1.82, 2.24) is 9.88 Å². The number of aromatic nitrogens is 1. The number of halogens is 2. The van der Waals surface area contributed by atoms with E-state index in [4.69, 9.17) is 23.2 Å². The molecule has 3 amide bonds. The lowest BCUT2D eigenvalue weighted by Crippen LogP contribution is -2.28. The van der Waals surface area contributed by atoms with Crippen molar-refractivity contribution < 1.29 is 14.4 Å². The van der Waals surface area contributed by atoms with Gasteiger partial charge in [-0.15, -0.1) is 22.7 Å². The van der Waals surface area contributed by atoms with Crippen LogP contribution in [0.4, 0.5) is 9.93 Å². The van der Waals surface area contributed by atoms with Crippen LogP contribution in [-0.2, 0) is 11.3 Å². The van der Waals surface area contributed by atoms with Gasteiger partial charge in [-0.25, -0.2) is 4.98 Å². The van der Waals surface area contributed by atoms with Gasteiger partial charge in [-0.1, -0.05) is 47.1 Å². The molecular weight excluding hydrogens is 473 g/mol. The summed E-state index contributed by atoms with van der Waals surface area (Å²) in [6.07, 6.45) is 0. The third kappa shape index (κ3) is 4.49. The molecule has 3 heterocycles. The number of thiophene rings is 1. The van der Waals surface area contributed by atoms with Gasteiger partial charge in [0.15, 0.2) is 5.13 Å². The first-order chi connectivity index (χ1) is 13.9. The molecule has 4 rings (SSSR count). The van der Waals surface area contributed by atoms with Crippen molar-refractivity contribution >= 4 is 79.8 Å². The van der Waals surface area contributed by atoms with E-state index in [0.29, 0.717) is 30.6 Å². The van der Waals surface area contributed by atoms with E-state index in [1.165, 1.54) is 27.6 Å². The Morgan fingerprint density at radius 2 is 2.07 bits per heavy atom. The number of benzene rings is 1. The van der Waals surface area contributed by atoms with Gasteiger partial charge in [0, 0.05) is 16.5 Å². The maximum Gasteiger partial charge on any atom is 0.289 e. The van der Waals surface area contributed by atoms with Gasteiger partial charge in [0.05, 0.1) is 22.3 Å². The quantitative estimate of drug-likeness (QED) is 0.508. The van der Waals surface area contributed by atoms with E-state index in [9.17, 15) is 14.4 Å². The number of thioether (sulfide) groups is 1. The largest absolute Gasteiger partial charge is 0.298 e. The predicted molar refractivity (Wildman–Crippen MR) is 118 cm³/mol. The lowest BCUT2D eigenvalue weighted by molar-refractivity contribution is -0.125. The number of hydrogen-bond donors (Lipinski definition) is 1. The molecule has 1 N–H and O–H groups in total. The molecule has 29 heavy (non-hydrogen) atoms. The van der Waals surface area contributed by atoms with Crippen LogP contribution in [0.1, 0.15) is 15.9 Å². The molecule has 1 aliphatic heterocycles. The van der Waals surface area contributed by atoms with Crippen molar-refractivity contribution in [3.8, 4) is 11.3 Å². The van der Waals surface area contributed by atoms with Crippen molar-refractivity contribution in [3.05, 3.63) is 55.5 Å².